The van der Waals surface area contributed by atoms with Gasteiger partial charge in [0.1, 0.15) is 11.5 Å². The van der Waals surface area contributed by atoms with Crippen LogP contribution in [-0.4, -0.2) is 11.8 Å². The zero-order valence-electron chi connectivity index (χ0n) is 9.55. The van der Waals surface area contributed by atoms with E-state index in [1.54, 1.807) is 0 Å². The van der Waals surface area contributed by atoms with Crippen molar-refractivity contribution in [3.8, 4) is 0 Å². The summed E-state index contributed by atoms with van der Waals surface area (Å²) >= 11 is 0. The number of amides is 1. The molecule has 1 saturated carbocycles. The van der Waals surface area contributed by atoms with Crippen molar-refractivity contribution in [2.45, 2.75) is 25.2 Å². The van der Waals surface area contributed by atoms with Gasteiger partial charge in [-0.1, -0.05) is 6.07 Å². The van der Waals surface area contributed by atoms with E-state index in [9.17, 15) is 18.0 Å². The molecule has 3 N–H and O–H groups in total. The summed E-state index contributed by atoms with van der Waals surface area (Å²) in [6.45, 7) is 0. The first kappa shape index (κ1) is 12.7. The molecule has 0 spiro atoms. The van der Waals surface area contributed by atoms with E-state index < -0.39 is 30.0 Å². The first-order valence-electron chi connectivity index (χ1n) is 5.62. The molecule has 2 rings (SSSR count). The van der Waals surface area contributed by atoms with Gasteiger partial charge in [0.2, 0.25) is 11.8 Å². The minimum absolute atomic E-state index is 0.0770. The molecule has 6 heteroatoms. The van der Waals surface area contributed by atoms with Crippen LogP contribution in [0.5, 0.6) is 0 Å². The fourth-order valence-corrected chi connectivity index (χ4v) is 2.07. The van der Waals surface area contributed by atoms with Crippen molar-refractivity contribution in [1.82, 2.24) is 0 Å². The highest BCUT2D eigenvalue weighted by Gasteiger charge is 2.42. The van der Waals surface area contributed by atoms with Crippen molar-refractivity contribution >= 4 is 17.3 Å². The molecule has 0 aromatic heterocycles. The Morgan fingerprint density at radius 2 is 2.17 bits per heavy atom. The lowest BCUT2D eigenvalue weighted by Crippen LogP contribution is -2.23. The zero-order valence-corrected chi connectivity index (χ0v) is 9.55. The molecular formula is C12H13F3N2O. The zero-order chi connectivity index (χ0) is 13.3. The van der Waals surface area contributed by atoms with Gasteiger partial charge in [0.25, 0.3) is 0 Å². The van der Waals surface area contributed by atoms with Gasteiger partial charge < -0.3 is 11.1 Å². The molecular weight excluding hydrogens is 245 g/mol. The lowest BCUT2D eigenvalue weighted by atomic mass is 10.1. The van der Waals surface area contributed by atoms with E-state index >= 15 is 0 Å². The summed E-state index contributed by atoms with van der Waals surface area (Å²) in [4.78, 5) is 11.7. The maximum absolute atomic E-state index is 13.4. The molecule has 1 amide bonds. The molecule has 3 nitrogen and oxygen atoms in total. The SMILES string of the molecule is Nc1cccc(F)c1NC(=O)C1CCC(F)(F)C1. The van der Waals surface area contributed by atoms with Crippen LogP contribution in [0.1, 0.15) is 19.3 Å². The second-order valence-electron chi connectivity index (χ2n) is 4.49. The number of halogens is 3. The van der Waals surface area contributed by atoms with Crippen molar-refractivity contribution in [2.24, 2.45) is 5.92 Å². The molecule has 1 unspecified atom stereocenters. The summed E-state index contributed by atoms with van der Waals surface area (Å²) in [7, 11) is 0. The number of carbonyl (C=O) groups is 1. The molecule has 0 saturated heterocycles. The number of para-hydroxylation sites is 1. The van der Waals surface area contributed by atoms with Crippen LogP contribution in [0.3, 0.4) is 0 Å². The molecule has 1 atom stereocenters. The molecule has 1 aliphatic carbocycles. The summed E-state index contributed by atoms with van der Waals surface area (Å²) in [6, 6.07) is 3.99. The number of hydrogen-bond acceptors (Lipinski definition) is 2. The van der Waals surface area contributed by atoms with Gasteiger partial charge in [0.05, 0.1) is 5.69 Å². The molecule has 18 heavy (non-hydrogen) atoms. The van der Waals surface area contributed by atoms with Gasteiger partial charge in [-0.25, -0.2) is 13.2 Å². The number of hydrogen-bond donors (Lipinski definition) is 2. The van der Waals surface area contributed by atoms with Crippen molar-refractivity contribution in [3.63, 3.8) is 0 Å². The second kappa shape index (κ2) is 4.51. The maximum atomic E-state index is 13.4. The molecule has 98 valence electrons. The first-order valence-corrected chi connectivity index (χ1v) is 5.62. The summed E-state index contributed by atoms with van der Waals surface area (Å²) in [5.41, 5.74) is 5.45. The molecule has 0 heterocycles. The van der Waals surface area contributed by atoms with E-state index in [-0.39, 0.29) is 24.2 Å². The van der Waals surface area contributed by atoms with E-state index in [1.807, 2.05) is 0 Å². The number of nitrogens with one attached hydrogen (secondary N) is 1. The third-order valence-corrected chi connectivity index (χ3v) is 3.07. The second-order valence-corrected chi connectivity index (χ2v) is 4.49. The maximum Gasteiger partial charge on any atom is 0.248 e. The predicted molar refractivity (Wildman–Crippen MR) is 61.7 cm³/mol. The number of anilines is 2. The first-order chi connectivity index (χ1) is 8.39. The minimum Gasteiger partial charge on any atom is -0.397 e. The van der Waals surface area contributed by atoms with E-state index in [0.29, 0.717) is 0 Å². The molecule has 0 radical (unpaired) electrons. The highest BCUT2D eigenvalue weighted by atomic mass is 19.3. The van der Waals surface area contributed by atoms with Crippen LogP contribution in [0.2, 0.25) is 0 Å². The molecule has 1 aromatic rings. The van der Waals surface area contributed by atoms with Gasteiger partial charge in [0, 0.05) is 18.8 Å². The summed E-state index contributed by atoms with van der Waals surface area (Å²) in [5.74, 6) is -4.88. The highest BCUT2D eigenvalue weighted by molar-refractivity contribution is 5.95. The van der Waals surface area contributed by atoms with Crippen LogP contribution in [0, 0.1) is 11.7 Å². The number of alkyl halides is 2. The van der Waals surface area contributed by atoms with Crippen LogP contribution in [0.4, 0.5) is 24.5 Å². The van der Waals surface area contributed by atoms with Crippen molar-refractivity contribution < 1.29 is 18.0 Å². The van der Waals surface area contributed by atoms with Gasteiger partial charge in [0.15, 0.2) is 0 Å². The van der Waals surface area contributed by atoms with Crippen molar-refractivity contribution in [2.75, 3.05) is 11.1 Å². The third kappa shape index (κ3) is 2.57. The van der Waals surface area contributed by atoms with Crippen LogP contribution in [-0.2, 0) is 4.79 Å². The topological polar surface area (TPSA) is 55.1 Å². The van der Waals surface area contributed by atoms with Gasteiger partial charge in [-0.05, 0) is 18.6 Å². The molecule has 0 bridgehead atoms. The average Bonchev–Trinajstić information content (AvgIpc) is 2.64. The van der Waals surface area contributed by atoms with E-state index in [2.05, 4.69) is 5.32 Å². The lowest BCUT2D eigenvalue weighted by Gasteiger charge is -2.13. The fraction of sp³-hybridized carbons (Fsp3) is 0.417. The molecule has 0 aliphatic heterocycles. The molecule has 1 aliphatic rings. The Kier molecular flexibility index (Phi) is 3.19. The van der Waals surface area contributed by atoms with Gasteiger partial charge in [-0.15, -0.1) is 0 Å². The van der Waals surface area contributed by atoms with Crippen molar-refractivity contribution in [3.05, 3.63) is 24.0 Å². The van der Waals surface area contributed by atoms with Crippen LogP contribution in [0.15, 0.2) is 18.2 Å². The Morgan fingerprint density at radius 3 is 2.72 bits per heavy atom. The molecule has 1 aromatic carbocycles. The van der Waals surface area contributed by atoms with E-state index in [1.165, 1.54) is 12.1 Å². The lowest BCUT2D eigenvalue weighted by molar-refractivity contribution is -0.120. The largest absolute Gasteiger partial charge is 0.397 e. The number of benzene rings is 1. The molecule has 1 fully saturated rings. The normalized spacial score (nSPS) is 21.8. The quantitative estimate of drug-likeness (QED) is 0.801. The number of carbonyl (C=O) groups excluding carboxylic acids is 1. The highest BCUT2D eigenvalue weighted by Crippen LogP contribution is 2.39. The Labute approximate surface area is 102 Å². The Bertz CT molecular complexity index is 456. The van der Waals surface area contributed by atoms with Crippen molar-refractivity contribution in [1.29, 1.82) is 0 Å². The van der Waals surface area contributed by atoms with Crippen LogP contribution < -0.4 is 11.1 Å². The third-order valence-electron chi connectivity index (χ3n) is 3.07. The summed E-state index contributed by atoms with van der Waals surface area (Å²) in [6.07, 6.45) is -0.696. The summed E-state index contributed by atoms with van der Waals surface area (Å²) in [5, 5.41) is 2.29. The van der Waals surface area contributed by atoms with Gasteiger partial charge in [-0.3, -0.25) is 4.79 Å². The smallest absolute Gasteiger partial charge is 0.248 e. The Morgan fingerprint density at radius 1 is 1.44 bits per heavy atom. The summed E-state index contributed by atoms with van der Waals surface area (Å²) < 4.78 is 39.4. The number of nitrogens with two attached hydrogens (primary N) is 1. The predicted octanol–water partition coefficient (Wildman–Crippen LogP) is 2.78. The fourth-order valence-electron chi connectivity index (χ4n) is 2.07. The Hall–Kier alpha value is -1.72. The number of rotatable bonds is 2. The van der Waals surface area contributed by atoms with Gasteiger partial charge >= 0.3 is 0 Å². The van der Waals surface area contributed by atoms with E-state index in [4.69, 9.17) is 5.73 Å². The number of nitrogen functional groups attached to an aromatic ring is 1. The van der Waals surface area contributed by atoms with Crippen LogP contribution >= 0.6 is 0 Å². The van der Waals surface area contributed by atoms with Crippen LogP contribution in [0.25, 0.3) is 0 Å². The van der Waals surface area contributed by atoms with Gasteiger partial charge in [-0.2, -0.15) is 0 Å². The van der Waals surface area contributed by atoms with E-state index in [0.717, 1.165) is 6.07 Å². The minimum atomic E-state index is -2.80. The average molecular weight is 258 g/mol. The standard InChI is InChI=1S/C12H13F3N2O/c13-8-2-1-3-9(16)10(8)17-11(18)7-4-5-12(14,15)6-7/h1-3,7H,4-6,16H2,(H,17,18). The monoisotopic (exact) mass is 258 g/mol. The Balaban J connectivity index is 2.08.